The van der Waals surface area contributed by atoms with Gasteiger partial charge in [0.15, 0.2) is 0 Å². The van der Waals surface area contributed by atoms with Crippen LogP contribution in [0.15, 0.2) is 67.0 Å². The Kier molecular flexibility index (Phi) is 3.95. The van der Waals surface area contributed by atoms with E-state index in [-0.39, 0.29) is 0 Å². The molecule has 3 nitrogen and oxygen atoms in total. The zero-order valence-electron chi connectivity index (χ0n) is 14.9. The fourth-order valence-electron chi connectivity index (χ4n) is 4.25. The van der Waals surface area contributed by atoms with Crippen LogP contribution in [0.25, 0.3) is 32.9 Å². The minimum atomic E-state index is 1.05. The molecule has 1 aliphatic rings. The molecule has 3 heteroatoms. The van der Waals surface area contributed by atoms with Gasteiger partial charge in [0, 0.05) is 41.8 Å². The van der Waals surface area contributed by atoms with Crippen molar-refractivity contribution in [2.24, 2.45) is 0 Å². The molecule has 0 radical (unpaired) electrons. The molecule has 0 N–H and O–H groups in total. The molecule has 1 fully saturated rings. The van der Waals surface area contributed by atoms with Crippen molar-refractivity contribution in [1.82, 2.24) is 14.5 Å². The Morgan fingerprint density at radius 3 is 2.46 bits per heavy atom. The molecule has 1 saturated heterocycles. The number of hydrogen-bond acceptors (Lipinski definition) is 2. The van der Waals surface area contributed by atoms with Crippen LogP contribution in [0.5, 0.6) is 0 Å². The first-order chi connectivity index (χ1) is 12.9. The fraction of sp³-hybridized carbons (Fsp3) is 0.261. The van der Waals surface area contributed by atoms with Gasteiger partial charge in [0.25, 0.3) is 0 Å². The molecule has 0 unspecified atom stereocenters. The fourth-order valence-corrected chi connectivity index (χ4v) is 4.25. The van der Waals surface area contributed by atoms with Gasteiger partial charge in [-0.05, 0) is 61.3 Å². The minimum absolute atomic E-state index is 1.05. The normalized spacial score (nSPS) is 15.2. The lowest BCUT2D eigenvalue weighted by Crippen LogP contribution is -2.23. The molecular formula is C23H23N3. The number of aromatic nitrogens is 2. The maximum atomic E-state index is 4.52. The molecule has 0 spiro atoms. The summed E-state index contributed by atoms with van der Waals surface area (Å²) in [6.45, 7) is 4.72. The highest BCUT2D eigenvalue weighted by molar-refractivity contribution is 6.04. The second-order valence-electron chi connectivity index (χ2n) is 7.17. The van der Waals surface area contributed by atoms with E-state index in [1.807, 2.05) is 12.3 Å². The first kappa shape index (κ1) is 15.6. The van der Waals surface area contributed by atoms with Crippen molar-refractivity contribution in [1.29, 1.82) is 0 Å². The number of likely N-dealkylation sites (tertiary alicyclic amines) is 1. The van der Waals surface area contributed by atoms with Crippen LogP contribution in [-0.4, -0.2) is 34.1 Å². The highest BCUT2D eigenvalue weighted by Crippen LogP contribution is 2.33. The van der Waals surface area contributed by atoms with Crippen LogP contribution in [-0.2, 0) is 6.54 Å². The van der Waals surface area contributed by atoms with Gasteiger partial charge in [-0.1, -0.05) is 30.3 Å². The van der Waals surface area contributed by atoms with Crippen LogP contribution >= 0.6 is 0 Å². The van der Waals surface area contributed by atoms with Crippen LogP contribution in [0.3, 0.4) is 0 Å². The monoisotopic (exact) mass is 341 g/mol. The number of pyridine rings is 1. The first-order valence-electron chi connectivity index (χ1n) is 9.54. The van der Waals surface area contributed by atoms with Crippen molar-refractivity contribution in [3.05, 3.63) is 67.0 Å². The molecule has 5 rings (SSSR count). The summed E-state index contributed by atoms with van der Waals surface area (Å²) in [6, 6.07) is 19.5. The zero-order valence-corrected chi connectivity index (χ0v) is 14.9. The summed E-state index contributed by atoms with van der Waals surface area (Å²) in [5, 5.41) is 2.54. The van der Waals surface area contributed by atoms with Crippen LogP contribution in [0, 0.1) is 0 Å². The number of benzene rings is 2. The second kappa shape index (κ2) is 6.58. The van der Waals surface area contributed by atoms with Crippen molar-refractivity contribution in [3.8, 4) is 11.1 Å². The van der Waals surface area contributed by atoms with Gasteiger partial charge in [-0.25, -0.2) is 0 Å². The lowest BCUT2D eigenvalue weighted by atomic mass is 9.98. The summed E-state index contributed by atoms with van der Waals surface area (Å²) in [5.41, 5.74) is 4.93. The predicted octanol–water partition coefficient (Wildman–Crippen LogP) is 4.95. The summed E-state index contributed by atoms with van der Waals surface area (Å²) in [4.78, 5) is 7.09. The molecule has 0 amide bonds. The van der Waals surface area contributed by atoms with E-state index in [2.05, 4.69) is 69.2 Å². The average molecular weight is 341 g/mol. The van der Waals surface area contributed by atoms with Gasteiger partial charge in [0.2, 0.25) is 0 Å². The smallest absolute Gasteiger partial charge is 0.0708 e. The maximum absolute atomic E-state index is 4.52. The van der Waals surface area contributed by atoms with Crippen molar-refractivity contribution in [2.75, 3.05) is 19.6 Å². The van der Waals surface area contributed by atoms with Gasteiger partial charge in [-0.2, -0.15) is 0 Å². The molecular weight excluding hydrogens is 318 g/mol. The van der Waals surface area contributed by atoms with Crippen LogP contribution in [0.2, 0.25) is 0 Å². The third-order valence-corrected chi connectivity index (χ3v) is 5.61. The summed E-state index contributed by atoms with van der Waals surface area (Å²) in [7, 11) is 0. The summed E-state index contributed by atoms with van der Waals surface area (Å²) < 4.78 is 2.40. The molecule has 4 aromatic rings. The lowest BCUT2D eigenvalue weighted by Gasteiger charge is -2.15. The van der Waals surface area contributed by atoms with E-state index < -0.39 is 0 Å². The van der Waals surface area contributed by atoms with Crippen LogP contribution < -0.4 is 0 Å². The summed E-state index contributed by atoms with van der Waals surface area (Å²) in [5.74, 6) is 0. The van der Waals surface area contributed by atoms with E-state index in [0.29, 0.717) is 0 Å². The molecule has 1 aliphatic heterocycles. The Balaban J connectivity index is 1.56. The van der Waals surface area contributed by atoms with Gasteiger partial charge in [-0.15, -0.1) is 0 Å². The van der Waals surface area contributed by atoms with Gasteiger partial charge in [-0.3, -0.25) is 4.98 Å². The largest absolute Gasteiger partial charge is 0.346 e. The second-order valence-corrected chi connectivity index (χ2v) is 7.17. The standard InChI is InChI=1S/C23H23N3/c1-2-14-25(13-1)16-17-26-15-11-21-19(7-4-10-23(21)26)18-6-3-9-22-20(18)8-5-12-24-22/h3-12,15H,1-2,13-14,16-17H2. The summed E-state index contributed by atoms with van der Waals surface area (Å²) in [6.07, 6.45) is 6.81. The van der Waals surface area contributed by atoms with E-state index in [0.717, 1.165) is 18.6 Å². The molecule has 26 heavy (non-hydrogen) atoms. The Hall–Kier alpha value is -2.65. The SMILES string of the molecule is c1cc(-c2cccc3c2ccn3CCN2CCCC2)c2cccnc2c1. The topological polar surface area (TPSA) is 21.1 Å². The zero-order chi connectivity index (χ0) is 17.3. The Bertz CT molecular complexity index is 1050. The van der Waals surface area contributed by atoms with E-state index in [1.165, 1.54) is 53.3 Å². The lowest BCUT2D eigenvalue weighted by molar-refractivity contribution is 0.324. The van der Waals surface area contributed by atoms with Crippen LogP contribution in [0.4, 0.5) is 0 Å². The number of nitrogens with zero attached hydrogens (tertiary/aromatic N) is 3. The maximum Gasteiger partial charge on any atom is 0.0708 e. The van der Waals surface area contributed by atoms with E-state index in [1.54, 1.807) is 0 Å². The van der Waals surface area contributed by atoms with Crippen molar-refractivity contribution >= 4 is 21.8 Å². The Labute approximate surface area is 153 Å². The molecule has 0 bridgehead atoms. The van der Waals surface area contributed by atoms with Crippen molar-refractivity contribution < 1.29 is 0 Å². The molecule has 0 saturated carbocycles. The molecule has 2 aromatic carbocycles. The molecule has 3 heterocycles. The third-order valence-electron chi connectivity index (χ3n) is 5.61. The van der Waals surface area contributed by atoms with Crippen LogP contribution in [0.1, 0.15) is 12.8 Å². The minimum Gasteiger partial charge on any atom is -0.346 e. The highest BCUT2D eigenvalue weighted by atomic mass is 15.2. The number of rotatable bonds is 4. The van der Waals surface area contributed by atoms with Gasteiger partial charge < -0.3 is 9.47 Å². The predicted molar refractivity (Wildman–Crippen MR) is 108 cm³/mol. The quantitative estimate of drug-likeness (QED) is 0.523. The Morgan fingerprint density at radius 2 is 1.58 bits per heavy atom. The van der Waals surface area contributed by atoms with E-state index in [4.69, 9.17) is 0 Å². The van der Waals surface area contributed by atoms with Crippen molar-refractivity contribution in [3.63, 3.8) is 0 Å². The van der Waals surface area contributed by atoms with E-state index >= 15 is 0 Å². The molecule has 130 valence electrons. The average Bonchev–Trinajstić information content (AvgIpc) is 3.35. The van der Waals surface area contributed by atoms with Gasteiger partial charge >= 0.3 is 0 Å². The first-order valence-corrected chi connectivity index (χ1v) is 9.54. The van der Waals surface area contributed by atoms with Gasteiger partial charge in [0.1, 0.15) is 0 Å². The third kappa shape index (κ3) is 2.69. The highest BCUT2D eigenvalue weighted by Gasteiger charge is 2.13. The Morgan fingerprint density at radius 1 is 0.769 bits per heavy atom. The molecule has 2 aromatic heterocycles. The van der Waals surface area contributed by atoms with Crippen molar-refractivity contribution in [2.45, 2.75) is 19.4 Å². The van der Waals surface area contributed by atoms with E-state index in [9.17, 15) is 0 Å². The van der Waals surface area contributed by atoms with Gasteiger partial charge in [0.05, 0.1) is 5.52 Å². The summed E-state index contributed by atoms with van der Waals surface area (Å²) >= 11 is 0. The number of hydrogen-bond donors (Lipinski definition) is 0. The molecule has 0 atom stereocenters. The number of fused-ring (bicyclic) bond motifs is 2. The molecule has 0 aliphatic carbocycles.